The molecule has 0 saturated heterocycles. The van der Waals surface area contributed by atoms with Crippen LogP contribution in [0.4, 0.5) is 0 Å². The molecule has 1 aliphatic carbocycles. The number of aryl methyl sites for hydroxylation is 1. The van der Waals surface area contributed by atoms with E-state index in [0.29, 0.717) is 11.2 Å². The summed E-state index contributed by atoms with van der Waals surface area (Å²) in [6, 6.07) is 2.12. The van der Waals surface area contributed by atoms with E-state index in [4.69, 9.17) is 0 Å². The van der Waals surface area contributed by atoms with Gasteiger partial charge in [0, 0.05) is 34.7 Å². The Labute approximate surface area is 121 Å². The molecule has 4 heterocycles. The van der Waals surface area contributed by atoms with Gasteiger partial charge < -0.3 is 4.57 Å². The molecule has 2 aromatic heterocycles. The summed E-state index contributed by atoms with van der Waals surface area (Å²) in [5.41, 5.74) is 7.94. The van der Waals surface area contributed by atoms with E-state index in [0.717, 1.165) is 5.52 Å². The summed E-state index contributed by atoms with van der Waals surface area (Å²) in [7, 11) is 2.10. The Kier molecular flexibility index (Phi) is 1.88. The highest BCUT2D eigenvalue weighted by Gasteiger charge is 2.43. The third kappa shape index (κ3) is 1.10. The van der Waals surface area contributed by atoms with Gasteiger partial charge in [0.1, 0.15) is 5.52 Å². The smallest absolute Gasteiger partial charge is 0.287 e. The molecule has 0 radical (unpaired) electrons. The van der Waals surface area contributed by atoms with Crippen molar-refractivity contribution in [2.75, 3.05) is 0 Å². The molecule has 0 bridgehead atoms. The molecule has 0 aromatic carbocycles. The van der Waals surface area contributed by atoms with Crippen molar-refractivity contribution in [1.82, 2.24) is 9.55 Å². The Morgan fingerprint density at radius 2 is 2.30 bits per heavy atom. The number of hydrogen-bond donors (Lipinski definition) is 0. The maximum Gasteiger partial charge on any atom is 0.287 e. The molecular weight excluding hydrogens is 266 g/mol. The molecule has 3 aliphatic rings. The lowest BCUT2D eigenvalue weighted by Gasteiger charge is -2.31. The molecule has 0 amide bonds. The number of allylic oxidation sites excluding steroid dienone is 4. The Bertz CT molecular complexity index is 869. The van der Waals surface area contributed by atoms with E-state index in [-0.39, 0.29) is 0 Å². The predicted octanol–water partition coefficient (Wildman–Crippen LogP) is 2.75. The zero-order valence-electron chi connectivity index (χ0n) is 11.4. The van der Waals surface area contributed by atoms with Crippen LogP contribution in [-0.4, -0.2) is 14.8 Å². The van der Waals surface area contributed by atoms with Gasteiger partial charge in [-0.25, -0.2) is 4.57 Å². The SMILES string of the molecule is CC1=C2c3c4c(ccn4C4=CSC(C=C1)C42)nc[n+]3C. The number of rotatable bonds is 0. The second-order valence-electron chi connectivity index (χ2n) is 5.70. The van der Waals surface area contributed by atoms with E-state index in [1.165, 1.54) is 28.1 Å². The number of fused-ring (bicyclic) bond motifs is 2. The number of hydrogen-bond acceptors (Lipinski definition) is 2. The van der Waals surface area contributed by atoms with Gasteiger partial charge >= 0.3 is 0 Å². The van der Waals surface area contributed by atoms with Gasteiger partial charge in [-0.2, -0.15) is 0 Å². The van der Waals surface area contributed by atoms with Crippen LogP contribution in [-0.2, 0) is 7.05 Å². The minimum absolute atomic E-state index is 0.488. The third-order valence-electron chi connectivity index (χ3n) is 4.61. The quantitative estimate of drug-likeness (QED) is 0.692. The topological polar surface area (TPSA) is 21.7 Å². The highest BCUT2D eigenvalue weighted by molar-refractivity contribution is 8.03. The van der Waals surface area contributed by atoms with Crippen molar-refractivity contribution in [3.8, 4) is 0 Å². The predicted molar refractivity (Wildman–Crippen MR) is 81.8 cm³/mol. The lowest BCUT2D eigenvalue weighted by molar-refractivity contribution is -0.675. The van der Waals surface area contributed by atoms with Gasteiger partial charge in [-0.1, -0.05) is 12.2 Å². The molecule has 20 heavy (non-hydrogen) atoms. The summed E-state index contributed by atoms with van der Waals surface area (Å²) < 4.78 is 4.51. The van der Waals surface area contributed by atoms with Crippen molar-refractivity contribution >= 4 is 34.1 Å². The van der Waals surface area contributed by atoms with Crippen molar-refractivity contribution in [2.24, 2.45) is 13.0 Å². The van der Waals surface area contributed by atoms with E-state index in [9.17, 15) is 0 Å². The van der Waals surface area contributed by atoms with Gasteiger partial charge in [-0.3, -0.25) is 0 Å². The van der Waals surface area contributed by atoms with Crippen LogP contribution < -0.4 is 4.57 Å². The van der Waals surface area contributed by atoms with Crippen molar-refractivity contribution in [3.63, 3.8) is 0 Å². The van der Waals surface area contributed by atoms with Crippen molar-refractivity contribution in [2.45, 2.75) is 12.2 Å². The molecule has 2 aliphatic heterocycles. The fourth-order valence-corrected chi connectivity index (χ4v) is 4.88. The molecule has 0 spiro atoms. The number of thioether (sulfide) groups is 1. The number of aromatic nitrogens is 3. The zero-order chi connectivity index (χ0) is 13.4. The van der Waals surface area contributed by atoms with Crippen LogP contribution in [0.3, 0.4) is 0 Å². The fraction of sp³-hybridized carbons (Fsp3) is 0.250. The molecule has 0 fully saturated rings. The highest BCUT2D eigenvalue weighted by atomic mass is 32.2. The molecule has 2 aromatic rings. The lowest BCUT2D eigenvalue weighted by Crippen LogP contribution is -2.39. The van der Waals surface area contributed by atoms with Gasteiger partial charge in [0.25, 0.3) is 6.33 Å². The molecule has 98 valence electrons. The standard InChI is InChI=1S/C16H14N3S/c1-9-3-4-12-14-11(7-20-12)19-6-5-10-15(19)16(13(9)14)18(2)8-17-10/h3-8,12,14H,1-2H3/q+1. The molecular formula is C16H14N3S+. The van der Waals surface area contributed by atoms with Crippen molar-refractivity contribution in [3.05, 3.63) is 47.4 Å². The van der Waals surface area contributed by atoms with Gasteiger partial charge in [-0.15, -0.1) is 11.8 Å². The first-order valence-corrected chi connectivity index (χ1v) is 7.81. The van der Waals surface area contributed by atoms with E-state index in [2.05, 4.69) is 57.9 Å². The Balaban J connectivity index is 2.03. The highest BCUT2D eigenvalue weighted by Crippen LogP contribution is 2.53. The van der Waals surface area contributed by atoms with E-state index in [1.807, 2.05) is 18.1 Å². The molecule has 5 rings (SSSR count). The lowest BCUT2D eigenvalue weighted by atomic mass is 9.81. The molecule has 0 N–H and O–H groups in total. The second-order valence-corrected chi connectivity index (χ2v) is 6.75. The van der Waals surface area contributed by atoms with Crippen LogP contribution in [0.15, 0.2) is 41.7 Å². The Hall–Kier alpha value is -1.81. The summed E-state index contributed by atoms with van der Waals surface area (Å²) in [6.45, 7) is 2.23. The third-order valence-corrected chi connectivity index (χ3v) is 5.73. The minimum Gasteiger partial charge on any atom is -0.312 e. The molecule has 3 nitrogen and oxygen atoms in total. The average Bonchev–Trinajstić information content (AvgIpc) is 3.04. The summed E-state index contributed by atoms with van der Waals surface area (Å²) in [6.07, 6.45) is 8.74. The van der Waals surface area contributed by atoms with Crippen LogP contribution in [0, 0.1) is 5.92 Å². The first kappa shape index (κ1) is 10.9. The van der Waals surface area contributed by atoms with E-state index in [1.54, 1.807) is 0 Å². The minimum atomic E-state index is 0.488. The van der Waals surface area contributed by atoms with E-state index >= 15 is 0 Å². The molecule has 0 saturated carbocycles. The summed E-state index contributed by atoms with van der Waals surface area (Å²) in [4.78, 5) is 4.56. The normalized spacial score (nSPS) is 26.2. The summed E-state index contributed by atoms with van der Waals surface area (Å²) >= 11 is 1.94. The summed E-state index contributed by atoms with van der Waals surface area (Å²) in [5.74, 6) is 0.488. The molecule has 2 atom stereocenters. The first-order chi connectivity index (χ1) is 9.75. The first-order valence-electron chi connectivity index (χ1n) is 6.86. The Morgan fingerprint density at radius 1 is 1.40 bits per heavy atom. The van der Waals surface area contributed by atoms with Crippen molar-refractivity contribution < 1.29 is 4.57 Å². The van der Waals surface area contributed by atoms with Crippen LogP contribution in [0.1, 0.15) is 12.6 Å². The van der Waals surface area contributed by atoms with Gasteiger partial charge in [0.05, 0.1) is 7.05 Å². The van der Waals surface area contributed by atoms with E-state index < -0.39 is 0 Å². The molecule has 2 unspecified atom stereocenters. The fourth-order valence-electron chi connectivity index (χ4n) is 3.72. The second kappa shape index (κ2) is 3.44. The van der Waals surface area contributed by atoms with Crippen LogP contribution in [0.25, 0.3) is 22.3 Å². The van der Waals surface area contributed by atoms with Gasteiger partial charge in [0.2, 0.25) is 5.52 Å². The van der Waals surface area contributed by atoms with Crippen LogP contribution in [0.2, 0.25) is 0 Å². The van der Waals surface area contributed by atoms with Crippen LogP contribution in [0.5, 0.6) is 0 Å². The van der Waals surface area contributed by atoms with Crippen LogP contribution >= 0.6 is 11.8 Å². The largest absolute Gasteiger partial charge is 0.312 e. The monoisotopic (exact) mass is 280 g/mol. The van der Waals surface area contributed by atoms with Gasteiger partial charge in [0.15, 0.2) is 5.69 Å². The maximum absolute atomic E-state index is 4.56. The molecule has 4 heteroatoms. The number of nitrogens with zero attached hydrogens (tertiary/aromatic N) is 3. The zero-order valence-corrected chi connectivity index (χ0v) is 12.2. The van der Waals surface area contributed by atoms with Crippen molar-refractivity contribution in [1.29, 1.82) is 0 Å². The van der Waals surface area contributed by atoms with Gasteiger partial charge in [-0.05, 0) is 22.9 Å². The Morgan fingerprint density at radius 3 is 3.20 bits per heavy atom. The maximum atomic E-state index is 4.56. The summed E-state index contributed by atoms with van der Waals surface area (Å²) in [5, 5.41) is 2.87. The average molecular weight is 280 g/mol.